The van der Waals surface area contributed by atoms with E-state index in [9.17, 15) is 0 Å². The minimum Gasteiger partial charge on any atom is -0.313 e. The molecule has 1 aliphatic rings. The minimum atomic E-state index is 0.637. The number of aromatic nitrogens is 7. The van der Waals surface area contributed by atoms with E-state index in [0.29, 0.717) is 5.95 Å². The third-order valence-electron chi connectivity index (χ3n) is 21.0. The van der Waals surface area contributed by atoms with Gasteiger partial charge in [0.25, 0.3) is 0 Å². The molecule has 0 aliphatic heterocycles. The van der Waals surface area contributed by atoms with E-state index in [2.05, 4.69) is 356 Å². The summed E-state index contributed by atoms with van der Waals surface area (Å²) in [7, 11) is 0. The van der Waals surface area contributed by atoms with Gasteiger partial charge in [0, 0.05) is 93.4 Å². The average molecular weight is 1260 g/mol. The van der Waals surface area contributed by atoms with Crippen molar-refractivity contribution in [3.63, 3.8) is 0 Å². The first-order valence-electron chi connectivity index (χ1n) is 34.2. The normalized spacial score (nSPS) is 12.6. The zero-order valence-electron chi connectivity index (χ0n) is 53.8. The Morgan fingerprint density at radius 1 is 0.222 bits per heavy atom. The number of nitrogens with zero attached hydrogens (tertiary/aromatic N) is 7. The molecule has 14 aromatic carbocycles. The van der Waals surface area contributed by atoms with Crippen molar-refractivity contribution < 1.29 is 0 Å². The van der Waals surface area contributed by atoms with Crippen LogP contribution in [0.3, 0.4) is 0 Å². The topological polar surface area (TPSA) is 50.4 Å². The van der Waals surface area contributed by atoms with Crippen molar-refractivity contribution in [2.75, 3.05) is 0 Å². The number of para-hydroxylation sites is 8. The van der Waals surface area contributed by atoms with Crippen LogP contribution in [-0.4, -0.2) is 32.8 Å². The van der Waals surface area contributed by atoms with E-state index in [-0.39, 0.29) is 0 Å². The highest BCUT2D eigenvalue weighted by atomic mass is 15.2. The van der Waals surface area contributed by atoms with Crippen molar-refractivity contribution >= 4 is 121 Å². The fourth-order valence-corrected chi connectivity index (χ4v) is 16.5. The van der Waals surface area contributed by atoms with Crippen molar-refractivity contribution in [3.05, 3.63) is 344 Å². The van der Waals surface area contributed by atoms with Crippen LogP contribution in [0.4, 0.5) is 0 Å². The van der Waals surface area contributed by atoms with Crippen molar-refractivity contribution in [2.45, 2.75) is 12.8 Å². The molecule has 21 rings (SSSR count). The smallest absolute Gasteiger partial charge is 0.235 e. The lowest BCUT2D eigenvalue weighted by Gasteiger charge is -2.18. The molecule has 20 aromatic rings. The lowest BCUT2D eigenvalue weighted by atomic mass is 9.90. The molecule has 0 radical (unpaired) electrons. The van der Waals surface area contributed by atoms with Gasteiger partial charge in [-0.05, 0) is 192 Å². The van der Waals surface area contributed by atoms with E-state index in [1.54, 1.807) is 0 Å². The Morgan fingerprint density at radius 3 is 1.04 bits per heavy atom. The fourth-order valence-electron chi connectivity index (χ4n) is 16.5. The number of hydrogen-bond acceptors (Lipinski definition) is 2. The third-order valence-corrected chi connectivity index (χ3v) is 21.0. The second kappa shape index (κ2) is 21.7. The Morgan fingerprint density at radius 2 is 0.556 bits per heavy atom. The van der Waals surface area contributed by atoms with Crippen LogP contribution in [0.25, 0.3) is 183 Å². The van der Waals surface area contributed by atoms with Gasteiger partial charge in [0.2, 0.25) is 5.95 Å². The minimum absolute atomic E-state index is 0.637. The molecular weight excluding hydrogens is 1200 g/mol. The van der Waals surface area contributed by atoms with Gasteiger partial charge in [-0.15, -0.1) is 0 Å². The van der Waals surface area contributed by atoms with Crippen LogP contribution in [0.15, 0.2) is 328 Å². The van der Waals surface area contributed by atoms with E-state index in [1.165, 1.54) is 115 Å². The summed E-state index contributed by atoms with van der Waals surface area (Å²) in [5.74, 6) is 0.637. The molecular formula is C92H59N7. The molecule has 0 bridgehead atoms. The Balaban J connectivity index is 0.692. The molecule has 0 saturated carbocycles. The molecule has 6 heterocycles. The zero-order valence-corrected chi connectivity index (χ0v) is 53.8. The summed E-state index contributed by atoms with van der Waals surface area (Å²) in [5, 5.41) is 11.9. The van der Waals surface area contributed by atoms with Gasteiger partial charge in [0.1, 0.15) is 0 Å². The van der Waals surface area contributed by atoms with Gasteiger partial charge in [-0.3, -0.25) is 4.57 Å². The van der Waals surface area contributed by atoms with Crippen LogP contribution in [0.2, 0.25) is 0 Å². The molecule has 1 aliphatic carbocycles. The second-order valence-corrected chi connectivity index (χ2v) is 26.4. The Labute approximate surface area is 569 Å². The van der Waals surface area contributed by atoms with Crippen LogP contribution in [0.1, 0.15) is 23.2 Å². The maximum absolute atomic E-state index is 5.61. The van der Waals surface area contributed by atoms with Crippen molar-refractivity contribution in [3.8, 4) is 62.2 Å². The molecule has 0 fully saturated rings. The predicted octanol–water partition coefficient (Wildman–Crippen LogP) is 23.4. The van der Waals surface area contributed by atoms with Crippen LogP contribution in [0.5, 0.6) is 0 Å². The summed E-state index contributed by atoms with van der Waals surface area (Å²) in [6.45, 7) is 0. The molecule has 7 heteroatoms. The number of allylic oxidation sites excluding steroid dienone is 1. The summed E-state index contributed by atoms with van der Waals surface area (Å²) >= 11 is 0. The van der Waals surface area contributed by atoms with Crippen molar-refractivity contribution in [2.24, 2.45) is 0 Å². The SMILES string of the molecule is C1=C(c2ccc3c(c2)c2ccccc2n3-c2nc(-c3ccc(-n4c5ccc(-c6ccc7c(c6)c6ccccc6n7-c6ccccc6)cc5c5cc(-c6ccc7c(c6)c6ccccc6n7-c6ccccc6)ccc54)cc3)c3ccccc3n2)CCc2c1c1ccccc1n2-c1ccccc1. The van der Waals surface area contributed by atoms with E-state index in [4.69, 9.17) is 9.97 Å². The number of rotatable bonds is 9. The standard InChI is InChI=1S/C92H59N7/c1-4-20-65(21-5-1)95-81-32-16-11-26-69(81)74-52-59(38-46-85(74)95)62-43-51-90-77(55-62)72-29-14-19-35-84(72)99(90)92-93-80-31-15-10-30-73(80)91(94-92)58-36-44-68(45-37-58)98-88-49-41-63(60-39-47-86-75(53-60)70-27-12-17-33-82(70)96(86)66-22-6-2-7-23-66)56-78(88)79-57-64(42-50-89(79)98)61-40-48-87-76(54-61)71-28-13-18-34-83(71)97(87)67-24-8-3-9-25-67/h1-37,39-45,47-57H,38,46H2. The van der Waals surface area contributed by atoms with Gasteiger partial charge in [0.15, 0.2) is 0 Å². The molecule has 7 nitrogen and oxygen atoms in total. The summed E-state index contributed by atoms with van der Waals surface area (Å²) in [6.07, 6.45) is 4.34. The maximum Gasteiger partial charge on any atom is 0.235 e. The van der Waals surface area contributed by atoms with Gasteiger partial charge in [-0.2, -0.15) is 0 Å². The first-order chi connectivity index (χ1) is 49.1. The van der Waals surface area contributed by atoms with E-state index < -0.39 is 0 Å². The Bertz CT molecular complexity index is 6540. The molecule has 0 atom stereocenters. The van der Waals surface area contributed by atoms with Gasteiger partial charge in [0.05, 0.1) is 60.9 Å². The van der Waals surface area contributed by atoms with Gasteiger partial charge in [-0.25, -0.2) is 9.97 Å². The van der Waals surface area contributed by atoms with Gasteiger partial charge >= 0.3 is 0 Å². The highest BCUT2D eigenvalue weighted by Gasteiger charge is 2.25. The number of benzene rings is 14. The molecule has 0 saturated heterocycles. The lowest BCUT2D eigenvalue weighted by Crippen LogP contribution is -2.05. The fraction of sp³-hybridized carbons (Fsp3) is 0.0217. The molecule has 0 N–H and O–H groups in total. The second-order valence-electron chi connectivity index (χ2n) is 26.4. The largest absolute Gasteiger partial charge is 0.313 e. The Hall–Kier alpha value is -13.1. The quantitative estimate of drug-likeness (QED) is 0.145. The zero-order chi connectivity index (χ0) is 64.8. The van der Waals surface area contributed by atoms with Crippen LogP contribution < -0.4 is 0 Å². The van der Waals surface area contributed by atoms with E-state index >= 15 is 0 Å². The molecule has 462 valence electrons. The van der Waals surface area contributed by atoms with E-state index in [0.717, 1.165) is 85.3 Å². The van der Waals surface area contributed by atoms with Crippen molar-refractivity contribution in [1.82, 2.24) is 32.8 Å². The van der Waals surface area contributed by atoms with Crippen molar-refractivity contribution in [1.29, 1.82) is 0 Å². The highest BCUT2D eigenvalue weighted by Crippen LogP contribution is 2.45. The first kappa shape index (κ1) is 55.2. The van der Waals surface area contributed by atoms with Crippen LogP contribution in [0, 0.1) is 0 Å². The Kier molecular flexibility index (Phi) is 12.1. The number of fused-ring (bicyclic) bond motifs is 16. The summed E-state index contributed by atoms with van der Waals surface area (Å²) < 4.78 is 11.9. The molecule has 0 spiro atoms. The predicted molar refractivity (Wildman–Crippen MR) is 413 cm³/mol. The highest BCUT2D eigenvalue weighted by molar-refractivity contribution is 6.16. The van der Waals surface area contributed by atoms with Gasteiger partial charge in [-0.1, -0.05) is 188 Å². The summed E-state index contributed by atoms with van der Waals surface area (Å²) in [6, 6.07) is 120. The monoisotopic (exact) mass is 1260 g/mol. The molecule has 6 aromatic heterocycles. The lowest BCUT2D eigenvalue weighted by molar-refractivity contribution is 0.898. The molecule has 99 heavy (non-hydrogen) atoms. The average Bonchev–Trinajstić information content (AvgIpc) is 1.63. The molecule has 0 unspecified atom stereocenters. The molecule has 0 amide bonds. The van der Waals surface area contributed by atoms with Crippen LogP contribution in [-0.2, 0) is 6.42 Å². The summed E-state index contributed by atoms with van der Waals surface area (Å²) in [4.78, 5) is 11.0. The van der Waals surface area contributed by atoms with Crippen LogP contribution >= 0.6 is 0 Å². The first-order valence-corrected chi connectivity index (χ1v) is 34.2. The third kappa shape index (κ3) is 8.51. The number of hydrogen-bond donors (Lipinski definition) is 0. The van der Waals surface area contributed by atoms with Gasteiger partial charge < -0.3 is 18.3 Å². The van der Waals surface area contributed by atoms with E-state index in [1.807, 2.05) is 0 Å². The maximum atomic E-state index is 5.61. The summed E-state index contributed by atoms with van der Waals surface area (Å²) in [5.41, 5.74) is 27.7.